The normalized spacial score (nSPS) is 22.0. The summed E-state index contributed by atoms with van der Waals surface area (Å²) in [7, 11) is -3.20. The summed E-state index contributed by atoms with van der Waals surface area (Å²) in [4.78, 5) is 14.6. The number of hydrogen-bond acceptors (Lipinski definition) is 7. The van der Waals surface area contributed by atoms with E-state index in [9.17, 15) is 24.1 Å². The van der Waals surface area contributed by atoms with Crippen molar-refractivity contribution in [1.29, 1.82) is 0 Å². The molecule has 1 heterocycles. The topological polar surface area (TPSA) is 110 Å². The molecule has 0 aliphatic carbocycles. The highest BCUT2D eigenvalue weighted by atomic mass is 32.3. The average Bonchev–Trinajstić information content (AvgIpc) is 2.93. The molecule has 4 N–H and O–H groups in total. The predicted molar refractivity (Wildman–Crippen MR) is 144 cm³/mol. The molecule has 3 rings (SSSR count). The van der Waals surface area contributed by atoms with Gasteiger partial charge < -0.3 is 19.8 Å². The van der Waals surface area contributed by atoms with Crippen molar-refractivity contribution >= 4 is 39.7 Å². The average molecular weight is 524 g/mol. The lowest BCUT2D eigenvalue weighted by atomic mass is 9.81. The molecule has 0 radical (unpaired) electrons. The van der Waals surface area contributed by atoms with Crippen molar-refractivity contribution in [3.63, 3.8) is 0 Å². The van der Waals surface area contributed by atoms with Crippen LogP contribution in [-0.2, 0) is 4.79 Å². The first-order chi connectivity index (χ1) is 16.5. The second kappa shape index (κ2) is 11.0. The lowest BCUT2D eigenvalue weighted by molar-refractivity contribution is -0.159. The molecule has 2 atom stereocenters. The van der Waals surface area contributed by atoms with Gasteiger partial charge in [-0.1, -0.05) is 44.9 Å². The van der Waals surface area contributed by atoms with Crippen molar-refractivity contribution in [1.82, 2.24) is 0 Å². The lowest BCUT2D eigenvalue weighted by Crippen LogP contribution is -2.41. The molecule has 2 unspecified atom stereocenters. The van der Waals surface area contributed by atoms with Crippen LogP contribution in [0.4, 0.5) is 11.4 Å². The Hall–Kier alpha value is -1.91. The Morgan fingerprint density at radius 1 is 1.23 bits per heavy atom. The Labute approximate surface area is 213 Å². The van der Waals surface area contributed by atoms with E-state index in [1.807, 2.05) is 42.7 Å². The fourth-order valence-electron chi connectivity index (χ4n) is 4.46. The number of aliphatic carboxylic acids is 1. The summed E-state index contributed by atoms with van der Waals surface area (Å²) in [5.41, 5.74) is -0.685. The largest absolute Gasteiger partial charge is 0.489 e. The Morgan fingerprint density at radius 3 is 2.49 bits per heavy atom. The number of nitrogens with zero attached hydrogens (tertiary/aromatic N) is 1. The van der Waals surface area contributed by atoms with Gasteiger partial charge >= 0.3 is 5.97 Å². The number of carbonyl (C=O) groups is 1. The van der Waals surface area contributed by atoms with Crippen molar-refractivity contribution in [2.75, 3.05) is 30.1 Å². The van der Waals surface area contributed by atoms with Crippen LogP contribution in [0, 0.1) is 5.41 Å². The minimum atomic E-state index is -3.20. The number of benzene rings is 2. The van der Waals surface area contributed by atoms with Gasteiger partial charge in [-0.15, -0.1) is 11.8 Å². The quantitative estimate of drug-likeness (QED) is 0.262. The highest BCUT2D eigenvalue weighted by molar-refractivity contribution is 8.24. The van der Waals surface area contributed by atoms with Crippen LogP contribution >= 0.6 is 22.4 Å². The Kier molecular flexibility index (Phi) is 8.70. The summed E-state index contributed by atoms with van der Waals surface area (Å²) in [6, 6.07) is 13.5. The van der Waals surface area contributed by atoms with E-state index in [1.165, 1.54) is 18.7 Å². The number of hydrogen-bond donors (Lipinski definition) is 4. The number of aliphatic hydroxyl groups is 1. The van der Waals surface area contributed by atoms with E-state index < -0.39 is 28.8 Å². The van der Waals surface area contributed by atoms with E-state index in [0.717, 1.165) is 36.3 Å². The first-order valence-electron chi connectivity index (χ1n) is 11.9. The maximum atomic E-state index is 11.5. The van der Waals surface area contributed by atoms with Crippen molar-refractivity contribution in [3.8, 4) is 5.75 Å². The number of para-hydroxylation sites is 1. The van der Waals surface area contributed by atoms with Crippen molar-refractivity contribution < 1.29 is 28.8 Å². The third-order valence-corrected chi connectivity index (χ3v) is 9.54. The molecular weight excluding hydrogens is 486 g/mol. The molecule has 7 nitrogen and oxygen atoms in total. The molecule has 0 bridgehead atoms. The molecular formula is C26H37NO6S2. The molecule has 0 saturated heterocycles. The van der Waals surface area contributed by atoms with Gasteiger partial charge in [0.1, 0.15) is 12.4 Å². The van der Waals surface area contributed by atoms with Gasteiger partial charge in [0, 0.05) is 29.5 Å². The summed E-state index contributed by atoms with van der Waals surface area (Å²) in [5.74, 6) is -0.818. The fourth-order valence-corrected chi connectivity index (χ4v) is 7.26. The van der Waals surface area contributed by atoms with Gasteiger partial charge in [-0.25, -0.2) is 4.79 Å². The highest BCUT2D eigenvalue weighted by Gasteiger charge is 2.42. The van der Waals surface area contributed by atoms with Crippen LogP contribution in [0.5, 0.6) is 5.75 Å². The Bertz CT molecular complexity index is 1030. The number of carboxylic acids is 1. The summed E-state index contributed by atoms with van der Waals surface area (Å²) in [5, 5.41) is 19.4. The van der Waals surface area contributed by atoms with E-state index in [1.54, 1.807) is 6.07 Å². The highest BCUT2D eigenvalue weighted by Crippen LogP contribution is 2.62. The number of unbranched alkanes of at least 4 members (excludes halogenated alkanes) is 1. The minimum Gasteiger partial charge on any atom is -0.489 e. The maximum absolute atomic E-state index is 11.5. The number of carboxylic acid groups (broad SMARTS) is 1. The van der Waals surface area contributed by atoms with Crippen LogP contribution < -0.4 is 9.64 Å². The second-order valence-corrected chi connectivity index (χ2v) is 12.4. The van der Waals surface area contributed by atoms with Crippen LogP contribution in [0.3, 0.4) is 0 Å². The first-order valence-corrected chi connectivity index (χ1v) is 14.8. The Balaban J connectivity index is 2.17. The van der Waals surface area contributed by atoms with E-state index in [2.05, 4.69) is 18.7 Å². The zero-order valence-corrected chi connectivity index (χ0v) is 22.5. The molecule has 1 aliphatic heterocycles. The maximum Gasteiger partial charge on any atom is 0.339 e. The van der Waals surface area contributed by atoms with E-state index in [-0.39, 0.29) is 11.2 Å². The molecule has 1 aliphatic rings. The number of anilines is 2. The van der Waals surface area contributed by atoms with E-state index in [0.29, 0.717) is 22.9 Å². The molecule has 0 fully saturated rings. The van der Waals surface area contributed by atoms with E-state index in [4.69, 9.17) is 4.74 Å². The fraction of sp³-hybridized carbons (Fsp3) is 0.500. The van der Waals surface area contributed by atoms with Crippen LogP contribution in [0.15, 0.2) is 52.3 Å². The number of fused-ring (bicyclic) bond motifs is 1. The second-order valence-electron chi connectivity index (χ2n) is 9.53. The van der Waals surface area contributed by atoms with Crippen molar-refractivity contribution in [2.24, 2.45) is 5.41 Å². The van der Waals surface area contributed by atoms with Crippen molar-refractivity contribution in [2.45, 2.75) is 61.8 Å². The zero-order chi connectivity index (χ0) is 25.9. The predicted octanol–water partition coefficient (Wildman–Crippen LogP) is 6.47. The number of ether oxygens (including phenoxy) is 1. The third kappa shape index (κ3) is 6.09. The molecule has 0 saturated carbocycles. The smallest absolute Gasteiger partial charge is 0.339 e. The summed E-state index contributed by atoms with van der Waals surface area (Å²) in [6.45, 7) is 5.61. The first kappa shape index (κ1) is 27.7. The van der Waals surface area contributed by atoms with Crippen LogP contribution in [0.1, 0.15) is 46.5 Å². The number of rotatable bonds is 10. The van der Waals surface area contributed by atoms with Gasteiger partial charge in [0.15, 0.2) is 5.60 Å². The van der Waals surface area contributed by atoms with Crippen molar-refractivity contribution in [3.05, 3.63) is 42.5 Å². The van der Waals surface area contributed by atoms with Crippen LogP contribution in [-0.4, -0.2) is 56.0 Å². The van der Waals surface area contributed by atoms with E-state index >= 15 is 0 Å². The molecule has 2 aromatic carbocycles. The number of thioether (sulfide) groups is 1. The summed E-state index contributed by atoms with van der Waals surface area (Å²) >= 11 is 1.42. The molecule has 0 spiro atoms. The van der Waals surface area contributed by atoms with Crippen LogP contribution in [0.25, 0.3) is 0 Å². The van der Waals surface area contributed by atoms with Gasteiger partial charge in [-0.2, -0.15) is 10.6 Å². The summed E-state index contributed by atoms with van der Waals surface area (Å²) < 4.78 is 28.9. The lowest BCUT2D eigenvalue weighted by Gasteiger charge is -2.41. The van der Waals surface area contributed by atoms with Crippen LogP contribution in [0.2, 0.25) is 0 Å². The van der Waals surface area contributed by atoms with Gasteiger partial charge in [-0.05, 0) is 44.2 Å². The molecule has 9 heteroatoms. The van der Waals surface area contributed by atoms with Gasteiger partial charge in [-0.3, -0.25) is 9.11 Å². The van der Waals surface area contributed by atoms with Gasteiger partial charge in [0.05, 0.1) is 15.5 Å². The standard InChI is InChI=1S/C26H37NO6S2/c1-5-7-13-26(6-2)16-27(19-11-9-8-10-12-19)20-14-22(34-4)21(15-23(20)35(31,32)18-26)33-17-25(3,30)24(28)29/h8-12,14-15,30-32H,5-7,13,16-18H2,1-4H3,(H,28,29). The van der Waals surface area contributed by atoms with Gasteiger partial charge in [0.25, 0.3) is 0 Å². The SMILES string of the molecule is CCCCC1(CC)CN(c2ccccc2)c2cc(SC)c(OCC(C)(O)C(=O)O)cc2S(O)(O)C1. The third-order valence-electron chi connectivity index (χ3n) is 6.74. The monoisotopic (exact) mass is 523 g/mol. The molecule has 194 valence electrons. The molecule has 0 aromatic heterocycles. The minimum absolute atomic E-state index is 0.248. The zero-order valence-electron chi connectivity index (χ0n) is 20.9. The molecule has 2 aromatic rings. The molecule has 0 amide bonds. The Morgan fingerprint density at radius 2 is 1.91 bits per heavy atom. The summed E-state index contributed by atoms with van der Waals surface area (Å²) in [6.07, 6.45) is 5.59. The molecule has 35 heavy (non-hydrogen) atoms. The van der Waals surface area contributed by atoms with Gasteiger partial charge in [0.2, 0.25) is 0 Å².